The summed E-state index contributed by atoms with van der Waals surface area (Å²) in [7, 11) is -3.90. The number of anilines is 1. The van der Waals surface area contributed by atoms with Crippen molar-refractivity contribution in [1.29, 1.82) is 0 Å². The molecular weight excluding hydrogens is 430 g/mol. The van der Waals surface area contributed by atoms with Gasteiger partial charge in [0.15, 0.2) is 0 Å². The number of nitrogens with one attached hydrogen (secondary N) is 3. The Kier molecular flexibility index (Phi) is 7.39. The zero-order chi connectivity index (χ0) is 23.1. The Bertz CT molecular complexity index is 1160. The van der Waals surface area contributed by atoms with Gasteiger partial charge in [0, 0.05) is 31.5 Å². The highest BCUT2D eigenvalue weighted by atomic mass is 32.2. The Morgan fingerprint density at radius 2 is 1.69 bits per heavy atom. The molecule has 0 aliphatic heterocycles. The zero-order valence-electron chi connectivity index (χ0n) is 17.8. The van der Waals surface area contributed by atoms with E-state index in [1.165, 1.54) is 38.1 Å². The minimum absolute atomic E-state index is 0.000905. The summed E-state index contributed by atoms with van der Waals surface area (Å²) in [4.78, 5) is 23.5. The molecule has 3 rings (SSSR count). The molecule has 0 aliphatic rings. The molecule has 10 heteroatoms. The number of hydrogen-bond acceptors (Lipinski definition) is 5. The van der Waals surface area contributed by atoms with E-state index in [4.69, 9.17) is 0 Å². The molecule has 1 atom stereocenters. The van der Waals surface area contributed by atoms with Crippen LogP contribution in [0, 0.1) is 0 Å². The number of carbonyl (C=O) groups is 2. The Morgan fingerprint density at radius 1 is 1.03 bits per heavy atom. The van der Waals surface area contributed by atoms with Gasteiger partial charge in [0.25, 0.3) is 0 Å². The number of rotatable bonds is 9. The number of hydrogen-bond donors (Lipinski definition) is 3. The van der Waals surface area contributed by atoms with E-state index in [9.17, 15) is 18.0 Å². The maximum atomic E-state index is 12.5. The largest absolute Gasteiger partial charge is 0.351 e. The summed E-state index contributed by atoms with van der Waals surface area (Å²) in [6.45, 7) is 3.77. The van der Waals surface area contributed by atoms with Crippen LogP contribution in [0.25, 0.3) is 0 Å². The maximum absolute atomic E-state index is 12.5. The van der Waals surface area contributed by atoms with Gasteiger partial charge in [0.2, 0.25) is 21.8 Å². The number of sulfonamides is 1. The van der Waals surface area contributed by atoms with Crippen LogP contribution in [0.2, 0.25) is 0 Å². The van der Waals surface area contributed by atoms with Crippen molar-refractivity contribution in [3.05, 3.63) is 78.1 Å². The Hall–Kier alpha value is -3.50. The SMILES string of the molecule is CC(=O)Nc1ccc(S(=O)(=O)N[C@@H](C)C(=O)NCc2ccc(Cn3cccn3)cc2)cc1. The van der Waals surface area contributed by atoms with Gasteiger partial charge in [-0.2, -0.15) is 9.82 Å². The van der Waals surface area contributed by atoms with Crippen LogP contribution in [-0.2, 0) is 32.7 Å². The second-order valence-corrected chi connectivity index (χ2v) is 9.00. The Balaban J connectivity index is 1.52. The van der Waals surface area contributed by atoms with Gasteiger partial charge in [0.1, 0.15) is 0 Å². The van der Waals surface area contributed by atoms with E-state index in [-0.39, 0.29) is 17.3 Å². The van der Waals surface area contributed by atoms with Gasteiger partial charge < -0.3 is 10.6 Å². The molecule has 1 heterocycles. The minimum Gasteiger partial charge on any atom is -0.351 e. The Morgan fingerprint density at radius 3 is 2.28 bits per heavy atom. The molecule has 0 unspecified atom stereocenters. The highest BCUT2D eigenvalue weighted by Crippen LogP contribution is 2.14. The summed E-state index contributed by atoms with van der Waals surface area (Å²) >= 11 is 0. The molecule has 0 saturated carbocycles. The first kappa shape index (κ1) is 23.2. The van der Waals surface area contributed by atoms with Gasteiger partial charge in [-0.25, -0.2) is 8.42 Å². The van der Waals surface area contributed by atoms with Crippen molar-refractivity contribution in [3.8, 4) is 0 Å². The van der Waals surface area contributed by atoms with Gasteiger partial charge in [-0.15, -0.1) is 0 Å². The van der Waals surface area contributed by atoms with Crippen molar-refractivity contribution in [3.63, 3.8) is 0 Å². The van der Waals surface area contributed by atoms with E-state index in [1.807, 2.05) is 41.2 Å². The van der Waals surface area contributed by atoms with Crippen LogP contribution < -0.4 is 15.4 Å². The maximum Gasteiger partial charge on any atom is 0.241 e. The molecular formula is C22H25N5O4S. The van der Waals surface area contributed by atoms with Gasteiger partial charge in [-0.05, 0) is 48.4 Å². The lowest BCUT2D eigenvalue weighted by Crippen LogP contribution is -2.44. The van der Waals surface area contributed by atoms with E-state index >= 15 is 0 Å². The van der Waals surface area contributed by atoms with Crippen LogP contribution in [0.3, 0.4) is 0 Å². The van der Waals surface area contributed by atoms with E-state index in [1.54, 1.807) is 6.20 Å². The summed E-state index contributed by atoms with van der Waals surface area (Å²) in [6.07, 6.45) is 3.61. The molecule has 168 valence electrons. The summed E-state index contributed by atoms with van der Waals surface area (Å²) in [5, 5.41) is 9.47. The summed E-state index contributed by atoms with van der Waals surface area (Å²) in [5.41, 5.74) is 2.46. The fourth-order valence-corrected chi connectivity index (χ4v) is 4.16. The van der Waals surface area contributed by atoms with Crippen molar-refractivity contribution >= 4 is 27.5 Å². The van der Waals surface area contributed by atoms with Crippen LogP contribution in [0.1, 0.15) is 25.0 Å². The molecule has 9 nitrogen and oxygen atoms in total. The molecule has 0 saturated heterocycles. The molecule has 0 spiro atoms. The first-order valence-corrected chi connectivity index (χ1v) is 11.4. The van der Waals surface area contributed by atoms with Crippen molar-refractivity contribution in [2.45, 2.75) is 37.9 Å². The zero-order valence-corrected chi connectivity index (χ0v) is 18.6. The van der Waals surface area contributed by atoms with E-state index < -0.39 is 22.0 Å². The van der Waals surface area contributed by atoms with Crippen molar-refractivity contribution in [2.24, 2.45) is 0 Å². The topological polar surface area (TPSA) is 122 Å². The molecule has 32 heavy (non-hydrogen) atoms. The van der Waals surface area contributed by atoms with Gasteiger partial charge in [0.05, 0.1) is 17.5 Å². The standard InChI is InChI=1S/C22H25N5O4S/c1-16(26-32(30,31)21-10-8-20(9-11-21)25-17(2)28)22(29)23-14-18-4-6-19(7-5-18)15-27-13-3-12-24-27/h3-13,16,26H,14-15H2,1-2H3,(H,23,29)(H,25,28)/t16-/m0/s1. The highest BCUT2D eigenvalue weighted by Gasteiger charge is 2.22. The lowest BCUT2D eigenvalue weighted by molar-refractivity contribution is -0.122. The first-order valence-electron chi connectivity index (χ1n) is 9.96. The van der Waals surface area contributed by atoms with Gasteiger partial charge >= 0.3 is 0 Å². The molecule has 0 bridgehead atoms. The predicted molar refractivity (Wildman–Crippen MR) is 120 cm³/mol. The highest BCUT2D eigenvalue weighted by molar-refractivity contribution is 7.89. The molecule has 3 N–H and O–H groups in total. The fraction of sp³-hybridized carbons (Fsp3) is 0.227. The molecule has 1 aromatic heterocycles. The first-order chi connectivity index (χ1) is 15.2. The number of benzene rings is 2. The molecule has 2 aromatic carbocycles. The average molecular weight is 456 g/mol. The van der Waals surface area contributed by atoms with Crippen molar-refractivity contribution in [1.82, 2.24) is 19.8 Å². The number of amides is 2. The van der Waals surface area contributed by atoms with Crippen molar-refractivity contribution in [2.75, 3.05) is 5.32 Å². The van der Waals surface area contributed by atoms with Gasteiger partial charge in [-0.3, -0.25) is 14.3 Å². The second kappa shape index (κ2) is 10.2. The van der Waals surface area contributed by atoms with E-state index in [0.29, 0.717) is 12.2 Å². The minimum atomic E-state index is -3.90. The van der Waals surface area contributed by atoms with Crippen LogP contribution >= 0.6 is 0 Å². The van der Waals surface area contributed by atoms with E-state index in [0.717, 1.165) is 11.1 Å². The lowest BCUT2D eigenvalue weighted by Gasteiger charge is -2.15. The molecule has 2 amide bonds. The van der Waals surface area contributed by atoms with Crippen LogP contribution in [0.4, 0.5) is 5.69 Å². The Labute approximate surface area is 186 Å². The number of aromatic nitrogens is 2. The summed E-state index contributed by atoms with van der Waals surface area (Å²) in [6, 6.07) is 14.3. The van der Waals surface area contributed by atoms with Crippen LogP contribution in [0.5, 0.6) is 0 Å². The third kappa shape index (κ3) is 6.50. The third-order valence-electron chi connectivity index (χ3n) is 4.60. The van der Waals surface area contributed by atoms with Crippen LogP contribution in [0.15, 0.2) is 71.9 Å². The lowest BCUT2D eigenvalue weighted by atomic mass is 10.1. The van der Waals surface area contributed by atoms with Crippen LogP contribution in [-0.4, -0.2) is 36.1 Å². The molecule has 3 aromatic rings. The number of carbonyl (C=O) groups excluding carboxylic acids is 2. The quantitative estimate of drug-likeness (QED) is 0.455. The van der Waals surface area contributed by atoms with Crippen molar-refractivity contribution < 1.29 is 18.0 Å². The van der Waals surface area contributed by atoms with E-state index in [2.05, 4.69) is 20.5 Å². The second-order valence-electron chi connectivity index (χ2n) is 7.29. The molecule has 0 fully saturated rings. The molecule has 0 aliphatic carbocycles. The fourth-order valence-electron chi connectivity index (χ4n) is 2.96. The van der Waals surface area contributed by atoms with Gasteiger partial charge in [-0.1, -0.05) is 24.3 Å². The monoisotopic (exact) mass is 455 g/mol. The average Bonchev–Trinajstić information content (AvgIpc) is 3.25. The smallest absolute Gasteiger partial charge is 0.241 e. The predicted octanol–water partition coefficient (Wildman–Crippen LogP) is 1.87. The third-order valence-corrected chi connectivity index (χ3v) is 6.16. The number of nitrogens with zero attached hydrogens (tertiary/aromatic N) is 2. The molecule has 0 radical (unpaired) electrons. The summed E-state index contributed by atoms with van der Waals surface area (Å²) in [5.74, 6) is -0.694. The normalized spacial score (nSPS) is 12.2. The summed E-state index contributed by atoms with van der Waals surface area (Å²) < 4.78 is 29.3.